The summed E-state index contributed by atoms with van der Waals surface area (Å²) in [6, 6.07) is 12.6. The molecular weight excluding hydrogens is 330 g/mol. The van der Waals surface area contributed by atoms with Crippen LogP contribution in [-0.4, -0.2) is 32.9 Å². The van der Waals surface area contributed by atoms with Gasteiger partial charge in [-0.15, -0.1) is 0 Å². The number of nitrogens with zero attached hydrogens (tertiary/aromatic N) is 3. The van der Waals surface area contributed by atoms with E-state index >= 15 is 0 Å². The summed E-state index contributed by atoms with van der Waals surface area (Å²) in [5.74, 6) is 0.432. The molecule has 3 aromatic rings. The first-order valence-corrected chi connectivity index (χ1v) is 8.25. The fourth-order valence-corrected chi connectivity index (χ4v) is 2.38. The Morgan fingerprint density at radius 3 is 2.65 bits per heavy atom. The number of benzene rings is 1. The largest absolute Gasteiger partial charge is 0.352 e. The molecule has 2 aromatic heterocycles. The fourth-order valence-electron chi connectivity index (χ4n) is 2.38. The number of carbonyl (C=O) groups excluding carboxylic acids is 2. The van der Waals surface area contributed by atoms with Crippen molar-refractivity contribution in [3.63, 3.8) is 0 Å². The number of nitrogens with one attached hydrogen (secondary N) is 2. The van der Waals surface area contributed by atoms with Gasteiger partial charge in [-0.3, -0.25) is 14.2 Å². The Labute approximate surface area is 151 Å². The molecule has 26 heavy (non-hydrogen) atoms. The molecule has 1 aromatic carbocycles. The highest BCUT2D eigenvalue weighted by Gasteiger charge is 2.06. The minimum Gasteiger partial charge on any atom is -0.352 e. The number of hydrogen-bond donors (Lipinski definition) is 2. The molecule has 0 fully saturated rings. The van der Waals surface area contributed by atoms with Crippen molar-refractivity contribution < 1.29 is 9.59 Å². The van der Waals surface area contributed by atoms with Crippen LogP contribution >= 0.6 is 0 Å². The average Bonchev–Trinajstić information content (AvgIpc) is 3.22. The number of rotatable bonds is 7. The molecule has 0 spiro atoms. The maximum atomic E-state index is 12.0. The third-order valence-electron chi connectivity index (χ3n) is 3.74. The summed E-state index contributed by atoms with van der Waals surface area (Å²) in [6.45, 7) is 0.686. The molecular formula is C19H19N5O2. The monoisotopic (exact) mass is 349 g/mol. The molecule has 0 atom stereocenters. The highest BCUT2D eigenvalue weighted by molar-refractivity contribution is 5.94. The maximum Gasteiger partial charge on any atom is 0.251 e. The van der Waals surface area contributed by atoms with E-state index < -0.39 is 0 Å². The normalized spacial score (nSPS) is 10.3. The molecule has 0 aliphatic heterocycles. The summed E-state index contributed by atoms with van der Waals surface area (Å²) in [5.41, 5.74) is 1.52. The summed E-state index contributed by atoms with van der Waals surface area (Å²) in [5, 5.41) is 5.58. The number of amides is 2. The van der Waals surface area contributed by atoms with Crippen LogP contribution < -0.4 is 10.6 Å². The van der Waals surface area contributed by atoms with Gasteiger partial charge in [-0.2, -0.15) is 0 Å². The van der Waals surface area contributed by atoms with E-state index in [0.717, 1.165) is 11.4 Å². The van der Waals surface area contributed by atoms with Crippen molar-refractivity contribution in [1.29, 1.82) is 0 Å². The minimum absolute atomic E-state index is 0.126. The van der Waals surface area contributed by atoms with Crippen LogP contribution in [0.4, 0.5) is 0 Å². The van der Waals surface area contributed by atoms with Crippen molar-refractivity contribution in [2.75, 3.05) is 6.54 Å². The van der Waals surface area contributed by atoms with Gasteiger partial charge in [0.1, 0.15) is 12.1 Å². The van der Waals surface area contributed by atoms with E-state index in [9.17, 15) is 9.59 Å². The topological polar surface area (TPSA) is 88.9 Å². The second-order valence-electron chi connectivity index (χ2n) is 5.64. The Bertz CT molecular complexity index is 863. The van der Waals surface area contributed by atoms with Crippen molar-refractivity contribution in [3.05, 3.63) is 78.5 Å². The SMILES string of the molecule is O=C(CCNC(=O)c1ccccc1)NCc1ccnc(-n2ccnc2)c1. The smallest absolute Gasteiger partial charge is 0.251 e. The lowest BCUT2D eigenvalue weighted by Gasteiger charge is -2.08. The van der Waals surface area contributed by atoms with Gasteiger partial charge in [0.2, 0.25) is 5.91 Å². The zero-order valence-electron chi connectivity index (χ0n) is 14.1. The lowest BCUT2D eigenvalue weighted by atomic mass is 10.2. The first-order valence-electron chi connectivity index (χ1n) is 8.25. The Balaban J connectivity index is 1.43. The predicted molar refractivity (Wildman–Crippen MR) is 96.6 cm³/mol. The third kappa shape index (κ3) is 4.76. The van der Waals surface area contributed by atoms with Gasteiger partial charge in [0.05, 0.1) is 0 Å². The van der Waals surface area contributed by atoms with Crippen LogP contribution in [0.1, 0.15) is 22.3 Å². The van der Waals surface area contributed by atoms with Gasteiger partial charge >= 0.3 is 0 Å². The van der Waals surface area contributed by atoms with Crippen LogP contribution in [0.3, 0.4) is 0 Å². The summed E-state index contributed by atoms with van der Waals surface area (Å²) < 4.78 is 1.80. The van der Waals surface area contributed by atoms with E-state index in [2.05, 4.69) is 20.6 Å². The van der Waals surface area contributed by atoms with Crippen LogP contribution in [0.15, 0.2) is 67.4 Å². The van der Waals surface area contributed by atoms with Crippen LogP contribution in [0.25, 0.3) is 5.82 Å². The second kappa shape index (κ2) is 8.57. The summed E-state index contributed by atoms with van der Waals surface area (Å²) in [4.78, 5) is 32.1. The Morgan fingerprint density at radius 1 is 1.04 bits per heavy atom. The maximum absolute atomic E-state index is 12.0. The highest BCUT2D eigenvalue weighted by atomic mass is 16.2. The summed E-state index contributed by atoms with van der Waals surface area (Å²) >= 11 is 0. The number of aromatic nitrogens is 3. The lowest BCUT2D eigenvalue weighted by molar-refractivity contribution is -0.121. The molecule has 0 bridgehead atoms. The third-order valence-corrected chi connectivity index (χ3v) is 3.74. The molecule has 132 valence electrons. The van der Waals surface area contributed by atoms with Gasteiger partial charge in [-0.25, -0.2) is 9.97 Å². The molecule has 7 heteroatoms. The summed E-state index contributed by atoms with van der Waals surface area (Å²) in [6.07, 6.45) is 7.06. The Morgan fingerprint density at radius 2 is 1.88 bits per heavy atom. The molecule has 7 nitrogen and oxygen atoms in total. The van der Waals surface area contributed by atoms with Gasteiger partial charge in [0, 0.05) is 43.7 Å². The van der Waals surface area contributed by atoms with Gasteiger partial charge in [0.15, 0.2) is 0 Å². The molecule has 0 unspecified atom stereocenters. The first kappa shape index (κ1) is 17.3. The molecule has 0 saturated carbocycles. The lowest BCUT2D eigenvalue weighted by Crippen LogP contribution is -2.30. The van der Waals surface area contributed by atoms with Crippen molar-refractivity contribution in [3.8, 4) is 5.82 Å². The van der Waals surface area contributed by atoms with E-state index in [4.69, 9.17) is 0 Å². The van der Waals surface area contributed by atoms with Crippen LogP contribution in [0.5, 0.6) is 0 Å². The van der Waals surface area contributed by atoms with E-state index in [0.29, 0.717) is 12.1 Å². The van der Waals surface area contributed by atoms with Crippen LogP contribution in [-0.2, 0) is 11.3 Å². The molecule has 2 N–H and O–H groups in total. The Kier molecular flexibility index (Phi) is 5.72. The number of imidazole rings is 1. The van der Waals surface area contributed by atoms with E-state index in [1.165, 1.54) is 0 Å². The first-order chi connectivity index (χ1) is 12.7. The fraction of sp³-hybridized carbons (Fsp3) is 0.158. The highest BCUT2D eigenvalue weighted by Crippen LogP contribution is 2.06. The van der Waals surface area contributed by atoms with Gasteiger partial charge in [0.25, 0.3) is 5.91 Å². The molecule has 2 amide bonds. The number of hydrogen-bond acceptors (Lipinski definition) is 4. The van der Waals surface area contributed by atoms with Crippen molar-refractivity contribution in [2.45, 2.75) is 13.0 Å². The standard InChI is InChI=1S/C19H19N5O2/c25-18(7-9-22-19(26)16-4-2-1-3-5-16)23-13-15-6-8-21-17(12-15)24-11-10-20-14-24/h1-6,8,10-12,14H,7,9,13H2,(H,22,26)(H,23,25). The molecule has 0 radical (unpaired) electrons. The van der Waals surface area contributed by atoms with E-state index in [1.54, 1.807) is 53.8 Å². The number of pyridine rings is 1. The molecule has 0 aliphatic rings. The van der Waals surface area contributed by atoms with E-state index in [-0.39, 0.29) is 24.8 Å². The van der Waals surface area contributed by atoms with Crippen LogP contribution in [0, 0.1) is 0 Å². The summed E-state index contributed by atoms with van der Waals surface area (Å²) in [7, 11) is 0. The quantitative estimate of drug-likeness (QED) is 0.679. The zero-order valence-corrected chi connectivity index (χ0v) is 14.1. The van der Waals surface area contributed by atoms with Crippen molar-refractivity contribution >= 4 is 11.8 Å². The zero-order chi connectivity index (χ0) is 18.2. The molecule has 3 rings (SSSR count). The van der Waals surface area contributed by atoms with Crippen molar-refractivity contribution in [1.82, 2.24) is 25.2 Å². The molecule has 0 aliphatic carbocycles. The predicted octanol–water partition coefficient (Wildman–Crippen LogP) is 1.70. The van der Waals surface area contributed by atoms with Crippen molar-refractivity contribution in [2.24, 2.45) is 0 Å². The van der Waals surface area contributed by atoms with Gasteiger partial charge in [-0.1, -0.05) is 18.2 Å². The Hall–Kier alpha value is -3.48. The average molecular weight is 349 g/mol. The minimum atomic E-state index is -0.183. The van der Waals surface area contributed by atoms with Crippen LogP contribution in [0.2, 0.25) is 0 Å². The van der Waals surface area contributed by atoms with Gasteiger partial charge in [-0.05, 0) is 29.8 Å². The van der Waals surface area contributed by atoms with Gasteiger partial charge < -0.3 is 10.6 Å². The molecule has 0 saturated heterocycles. The molecule has 2 heterocycles. The number of carbonyl (C=O) groups is 2. The van der Waals surface area contributed by atoms with E-state index in [1.807, 2.05) is 18.2 Å². The second-order valence-corrected chi connectivity index (χ2v) is 5.64.